The van der Waals surface area contributed by atoms with E-state index in [4.69, 9.17) is 0 Å². The van der Waals surface area contributed by atoms with E-state index in [1.807, 2.05) is 37.3 Å². The molecule has 0 aliphatic carbocycles. The molecule has 0 unspecified atom stereocenters. The molecule has 1 aromatic heterocycles. The summed E-state index contributed by atoms with van der Waals surface area (Å²) in [5, 5.41) is 8.18. The lowest BCUT2D eigenvalue weighted by atomic mass is 10.2. The smallest absolute Gasteiger partial charge is 0.275 e. The molecule has 3 rings (SSSR count). The largest absolute Gasteiger partial charge is 0.324 e. The lowest BCUT2D eigenvalue weighted by Gasteiger charge is -2.10. The van der Waals surface area contributed by atoms with E-state index in [9.17, 15) is 9.59 Å². The van der Waals surface area contributed by atoms with Crippen molar-refractivity contribution in [1.82, 2.24) is 9.78 Å². The van der Waals surface area contributed by atoms with Gasteiger partial charge >= 0.3 is 0 Å². The fourth-order valence-electron chi connectivity index (χ4n) is 2.33. The molecule has 3 aromatic rings. The molecule has 0 spiro atoms. The van der Waals surface area contributed by atoms with Crippen LogP contribution in [-0.2, 0) is 11.3 Å². The van der Waals surface area contributed by atoms with Crippen molar-refractivity contribution in [2.24, 2.45) is 0 Å². The highest BCUT2D eigenvalue weighted by atomic mass is 79.9. The van der Waals surface area contributed by atoms with Gasteiger partial charge in [-0.25, -0.2) is 4.68 Å². The molecule has 0 radical (unpaired) electrons. The molecule has 2 aromatic carbocycles. The first kappa shape index (κ1) is 15.4. The number of aryl methyl sites for hydroxylation is 1. The van der Waals surface area contributed by atoms with Crippen molar-refractivity contribution >= 4 is 38.3 Å². The fourth-order valence-corrected chi connectivity index (χ4v) is 2.81. The van der Waals surface area contributed by atoms with Gasteiger partial charge in [0.05, 0.1) is 11.6 Å². The molecular weight excluding hydrogens is 358 g/mol. The first-order valence-corrected chi connectivity index (χ1v) is 7.85. The molecule has 1 amide bonds. The highest BCUT2D eigenvalue weighted by molar-refractivity contribution is 9.10. The van der Waals surface area contributed by atoms with Crippen molar-refractivity contribution in [3.8, 4) is 0 Å². The second kappa shape index (κ2) is 6.34. The van der Waals surface area contributed by atoms with Crippen molar-refractivity contribution in [3.05, 3.63) is 69.1 Å². The highest BCUT2D eigenvalue weighted by Gasteiger charge is 2.09. The number of aromatic nitrogens is 2. The van der Waals surface area contributed by atoms with Crippen molar-refractivity contribution in [2.75, 3.05) is 5.32 Å². The maximum atomic E-state index is 12.3. The number of nitrogens with one attached hydrogen (secondary N) is 1. The molecule has 0 fully saturated rings. The molecule has 0 aliphatic rings. The van der Waals surface area contributed by atoms with Crippen LogP contribution in [0.3, 0.4) is 0 Å². The SMILES string of the molecule is Cc1cc(Br)ccc1NC(=O)Cn1ncc2ccccc2c1=O. The van der Waals surface area contributed by atoms with E-state index in [1.165, 1.54) is 4.68 Å². The zero-order valence-corrected chi connectivity index (χ0v) is 14.0. The van der Waals surface area contributed by atoms with Gasteiger partial charge in [-0.1, -0.05) is 34.1 Å². The fraction of sp³-hybridized carbons (Fsp3) is 0.118. The van der Waals surface area contributed by atoms with Gasteiger partial charge in [-0.2, -0.15) is 5.10 Å². The number of nitrogens with zero attached hydrogens (tertiary/aromatic N) is 2. The average molecular weight is 372 g/mol. The molecule has 116 valence electrons. The number of amides is 1. The second-order valence-electron chi connectivity index (χ2n) is 5.20. The molecule has 23 heavy (non-hydrogen) atoms. The monoisotopic (exact) mass is 371 g/mol. The quantitative estimate of drug-likeness (QED) is 0.769. The first-order chi connectivity index (χ1) is 11.0. The molecule has 6 heteroatoms. The summed E-state index contributed by atoms with van der Waals surface area (Å²) in [4.78, 5) is 24.5. The highest BCUT2D eigenvalue weighted by Crippen LogP contribution is 2.19. The van der Waals surface area contributed by atoms with Crippen LogP contribution in [-0.4, -0.2) is 15.7 Å². The third-order valence-corrected chi connectivity index (χ3v) is 4.01. The summed E-state index contributed by atoms with van der Waals surface area (Å²) < 4.78 is 2.12. The summed E-state index contributed by atoms with van der Waals surface area (Å²) in [6.45, 7) is 1.78. The topological polar surface area (TPSA) is 64.0 Å². The van der Waals surface area contributed by atoms with Gasteiger partial charge in [-0.05, 0) is 36.8 Å². The molecule has 0 saturated heterocycles. The van der Waals surface area contributed by atoms with Crippen molar-refractivity contribution in [3.63, 3.8) is 0 Å². The molecular formula is C17H14BrN3O2. The van der Waals surface area contributed by atoms with Gasteiger partial charge in [0.1, 0.15) is 6.54 Å². The molecule has 5 nitrogen and oxygen atoms in total. The normalized spacial score (nSPS) is 10.7. The van der Waals surface area contributed by atoms with Crippen molar-refractivity contribution in [2.45, 2.75) is 13.5 Å². The van der Waals surface area contributed by atoms with Crippen LogP contribution < -0.4 is 10.9 Å². The Morgan fingerprint density at radius 2 is 2.04 bits per heavy atom. The molecule has 1 heterocycles. The Morgan fingerprint density at radius 3 is 2.83 bits per heavy atom. The van der Waals surface area contributed by atoms with Gasteiger partial charge in [0.25, 0.3) is 5.56 Å². The Labute approximate surface area is 141 Å². The third kappa shape index (κ3) is 3.32. The number of carbonyl (C=O) groups is 1. The number of fused-ring (bicyclic) bond motifs is 1. The van der Waals surface area contributed by atoms with E-state index in [0.717, 1.165) is 15.4 Å². The number of benzene rings is 2. The van der Waals surface area contributed by atoms with E-state index in [0.29, 0.717) is 11.1 Å². The second-order valence-corrected chi connectivity index (χ2v) is 6.12. The van der Waals surface area contributed by atoms with E-state index in [2.05, 4.69) is 26.3 Å². The van der Waals surface area contributed by atoms with Gasteiger partial charge in [0.15, 0.2) is 0 Å². The predicted molar refractivity (Wildman–Crippen MR) is 93.5 cm³/mol. The van der Waals surface area contributed by atoms with Gasteiger partial charge < -0.3 is 5.32 Å². The Bertz CT molecular complexity index is 950. The maximum absolute atomic E-state index is 12.3. The van der Waals surface area contributed by atoms with Crippen LogP contribution >= 0.6 is 15.9 Å². The van der Waals surface area contributed by atoms with E-state index in [1.54, 1.807) is 18.3 Å². The molecule has 0 atom stereocenters. The molecule has 1 N–H and O–H groups in total. The summed E-state index contributed by atoms with van der Waals surface area (Å²) >= 11 is 3.38. The zero-order valence-electron chi connectivity index (χ0n) is 12.4. The van der Waals surface area contributed by atoms with E-state index >= 15 is 0 Å². The molecule has 0 aliphatic heterocycles. The third-order valence-electron chi connectivity index (χ3n) is 3.52. The number of anilines is 1. The standard InChI is InChI=1S/C17H14BrN3O2/c1-11-8-13(18)6-7-15(11)20-16(22)10-21-17(23)14-5-3-2-4-12(14)9-19-21/h2-9H,10H2,1H3,(H,20,22). The summed E-state index contributed by atoms with van der Waals surface area (Å²) in [5.74, 6) is -0.291. The van der Waals surface area contributed by atoms with Crippen molar-refractivity contribution in [1.29, 1.82) is 0 Å². The van der Waals surface area contributed by atoms with Gasteiger partial charge in [-0.3, -0.25) is 9.59 Å². The minimum Gasteiger partial charge on any atom is -0.324 e. The lowest BCUT2D eigenvalue weighted by molar-refractivity contribution is -0.117. The van der Waals surface area contributed by atoms with E-state index in [-0.39, 0.29) is 18.0 Å². The van der Waals surface area contributed by atoms with Crippen LogP contribution in [0.15, 0.2) is 57.9 Å². The summed E-state index contributed by atoms with van der Waals surface area (Å²) in [7, 11) is 0. The van der Waals surface area contributed by atoms with Crippen LogP contribution in [0.1, 0.15) is 5.56 Å². The lowest BCUT2D eigenvalue weighted by Crippen LogP contribution is -2.29. The van der Waals surface area contributed by atoms with Crippen LogP contribution in [0.2, 0.25) is 0 Å². The Balaban J connectivity index is 1.83. The number of carbonyl (C=O) groups excluding carboxylic acids is 1. The maximum Gasteiger partial charge on any atom is 0.275 e. The van der Waals surface area contributed by atoms with Gasteiger partial charge in [0, 0.05) is 15.5 Å². The minimum atomic E-state index is -0.291. The summed E-state index contributed by atoms with van der Waals surface area (Å²) in [5.41, 5.74) is 1.38. The van der Waals surface area contributed by atoms with Crippen LogP contribution in [0.4, 0.5) is 5.69 Å². The number of rotatable bonds is 3. The van der Waals surface area contributed by atoms with Gasteiger partial charge in [0.2, 0.25) is 5.91 Å². The zero-order chi connectivity index (χ0) is 16.4. The number of halogens is 1. The Kier molecular flexibility index (Phi) is 4.25. The Hall–Kier alpha value is -2.47. The minimum absolute atomic E-state index is 0.126. The molecule has 0 bridgehead atoms. The molecule has 0 saturated carbocycles. The number of hydrogen-bond acceptors (Lipinski definition) is 3. The Morgan fingerprint density at radius 1 is 1.26 bits per heavy atom. The van der Waals surface area contributed by atoms with Crippen LogP contribution in [0.25, 0.3) is 10.8 Å². The van der Waals surface area contributed by atoms with Gasteiger partial charge in [-0.15, -0.1) is 0 Å². The van der Waals surface area contributed by atoms with Crippen LogP contribution in [0.5, 0.6) is 0 Å². The van der Waals surface area contributed by atoms with Crippen molar-refractivity contribution < 1.29 is 4.79 Å². The average Bonchev–Trinajstić information content (AvgIpc) is 2.53. The van der Waals surface area contributed by atoms with E-state index < -0.39 is 0 Å². The predicted octanol–water partition coefficient (Wildman–Crippen LogP) is 3.11. The van der Waals surface area contributed by atoms with Crippen LogP contribution in [0, 0.1) is 6.92 Å². The first-order valence-electron chi connectivity index (χ1n) is 7.05. The summed E-state index contributed by atoms with van der Waals surface area (Å²) in [6.07, 6.45) is 1.59. The summed E-state index contributed by atoms with van der Waals surface area (Å²) in [6, 6.07) is 12.8. The number of hydrogen-bond donors (Lipinski definition) is 1.